The van der Waals surface area contributed by atoms with E-state index in [0.29, 0.717) is 12.1 Å². The zero-order valence-corrected chi connectivity index (χ0v) is 16.9. The standard InChI is InChI=1S/C23H25N3O3/c1-24(2)20-11-9-18(10-12-20)16-25(3)22(27)17-29-23(28)19-7-6-8-21(15-19)26-13-4-5-14-26/h4-15H,16-17H2,1-3H3. The molecule has 6 heteroatoms. The van der Waals surface area contributed by atoms with Crippen LogP contribution in [0.5, 0.6) is 0 Å². The third kappa shape index (κ3) is 5.25. The quantitative estimate of drug-likeness (QED) is 0.580. The van der Waals surface area contributed by atoms with E-state index in [1.54, 1.807) is 30.1 Å². The second-order valence-corrected chi connectivity index (χ2v) is 7.03. The lowest BCUT2D eigenvalue weighted by Crippen LogP contribution is -2.30. The molecular formula is C23H25N3O3. The van der Waals surface area contributed by atoms with Crippen molar-refractivity contribution in [1.29, 1.82) is 0 Å². The van der Waals surface area contributed by atoms with Crippen LogP contribution in [0.4, 0.5) is 5.69 Å². The first kappa shape index (κ1) is 20.2. The Morgan fingerprint density at radius 1 is 0.931 bits per heavy atom. The van der Waals surface area contributed by atoms with Crippen LogP contribution in [0.25, 0.3) is 5.69 Å². The van der Waals surface area contributed by atoms with Crippen LogP contribution in [0.15, 0.2) is 73.1 Å². The number of hydrogen-bond donors (Lipinski definition) is 0. The van der Waals surface area contributed by atoms with Gasteiger partial charge in [0.15, 0.2) is 6.61 Å². The normalized spacial score (nSPS) is 10.4. The van der Waals surface area contributed by atoms with Crippen molar-refractivity contribution in [3.05, 3.63) is 84.2 Å². The molecule has 0 aliphatic carbocycles. The SMILES string of the molecule is CN(Cc1ccc(N(C)C)cc1)C(=O)COC(=O)c1cccc(-n2cccc2)c1. The molecule has 29 heavy (non-hydrogen) atoms. The highest BCUT2D eigenvalue weighted by Crippen LogP contribution is 2.14. The second-order valence-electron chi connectivity index (χ2n) is 7.03. The fourth-order valence-corrected chi connectivity index (χ4v) is 2.88. The van der Waals surface area contributed by atoms with E-state index < -0.39 is 5.97 Å². The summed E-state index contributed by atoms with van der Waals surface area (Å²) >= 11 is 0. The lowest BCUT2D eigenvalue weighted by atomic mass is 10.2. The van der Waals surface area contributed by atoms with Gasteiger partial charge in [-0.15, -0.1) is 0 Å². The van der Waals surface area contributed by atoms with Gasteiger partial charge in [-0.3, -0.25) is 4.79 Å². The number of likely N-dealkylation sites (N-methyl/N-ethyl adjacent to an activating group) is 1. The summed E-state index contributed by atoms with van der Waals surface area (Å²) in [5.41, 5.74) is 3.37. The van der Waals surface area contributed by atoms with Crippen molar-refractivity contribution >= 4 is 17.6 Å². The molecular weight excluding hydrogens is 366 g/mol. The Hall–Kier alpha value is -3.54. The Balaban J connectivity index is 1.54. The van der Waals surface area contributed by atoms with Crippen LogP contribution in [-0.4, -0.2) is 49.1 Å². The maximum absolute atomic E-state index is 12.3. The number of benzene rings is 2. The lowest BCUT2D eigenvalue weighted by molar-refractivity contribution is -0.133. The molecule has 150 valence electrons. The number of esters is 1. The molecule has 0 unspecified atom stereocenters. The van der Waals surface area contributed by atoms with E-state index in [9.17, 15) is 9.59 Å². The van der Waals surface area contributed by atoms with Crippen molar-refractivity contribution < 1.29 is 14.3 Å². The molecule has 0 N–H and O–H groups in total. The summed E-state index contributed by atoms with van der Waals surface area (Å²) in [5.74, 6) is -0.771. The summed E-state index contributed by atoms with van der Waals surface area (Å²) in [5, 5.41) is 0. The predicted molar refractivity (Wildman–Crippen MR) is 113 cm³/mol. The molecule has 1 aromatic heterocycles. The molecule has 3 rings (SSSR count). The number of hydrogen-bond acceptors (Lipinski definition) is 4. The molecule has 0 radical (unpaired) electrons. The van der Waals surface area contributed by atoms with Crippen LogP contribution in [0.2, 0.25) is 0 Å². The molecule has 0 spiro atoms. The highest BCUT2D eigenvalue weighted by molar-refractivity contribution is 5.91. The predicted octanol–water partition coefficient (Wildman–Crippen LogP) is 3.36. The first-order chi connectivity index (χ1) is 13.9. The summed E-state index contributed by atoms with van der Waals surface area (Å²) < 4.78 is 7.13. The monoisotopic (exact) mass is 391 g/mol. The summed E-state index contributed by atoms with van der Waals surface area (Å²) in [6.07, 6.45) is 3.79. The first-order valence-corrected chi connectivity index (χ1v) is 9.35. The highest BCUT2D eigenvalue weighted by atomic mass is 16.5. The van der Waals surface area contributed by atoms with Crippen molar-refractivity contribution in [2.75, 3.05) is 32.6 Å². The van der Waals surface area contributed by atoms with E-state index in [1.807, 2.05) is 78.4 Å². The molecule has 2 aromatic carbocycles. The first-order valence-electron chi connectivity index (χ1n) is 9.35. The van der Waals surface area contributed by atoms with Crippen molar-refractivity contribution in [3.8, 4) is 5.69 Å². The molecule has 1 amide bonds. The third-order valence-corrected chi connectivity index (χ3v) is 4.61. The Bertz CT molecular complexity index is 963. The van der Waals surface area contributed by atoms with Gasteiger partial charge in [0.2, 0.25) is 0 Å². The number of ether oxygens (including phenoxy) is 1. The molecule has 1 heterocycles. The maximum atomic E-state index is 12.3. The Labute approximate surface area is 170 Å². The lowest BCUT2D eigenvalue weighted by Gasteiger charge is -2.18. The summed E-state index contributed by atoms with van der Waals surface area (Å²) in [4.78, 5) is 28.3. The minimum absolute atomic E-state index is 0.253. The topological polar surface area (TPSA) is 54.8 Å². The van der Waals surface area contributed by atoms with E-state index in [4.69, 9.17) is 4.74 Å². The van der Waals surface area contributed by atoms with E-state index in [-0.39, 0.29) is 12.5 Å². The maximum Gasteiger partial charge on any atom is 0.338 e. The van der Waals surface area contributed by atoms with Crippen LogP contribution in [0.3, 0.4) is 0 Å². The van der Waals surface area contributed by atoms with Crippen molar-refractivity contribution in [1.82, 2.24) is 9.47 Å². The largest absolute Gasteiger partial charge is 0.452 e. The average molecular weight is 391 g/mol. The van der Waals surface area contributed by atoms with Gasteiger partial charge >= 0.3 is 5.97 Å². The second kappa shape index (κ2) is 9.10. The molecule has 0 saturated heterocycles. The van der Waals surface area contributed by atoms with Crippen LogP contribution in [-0.2, 0) is 16.1 Å². The smallest absolute Gasteiger partial charge is 0.338 e. The van der Waals surface area contributed by atoms with E-state index in [0.717, 1.165) is 16.9 Å². The van der Waals surface area contributed by atoms with Crippen LogP contribution >= 0.6 is 0 Å². The summed E-state index contributed by atoms with van der Waals surface area (Å²) in [7, 11) is 5.66. The van der Waals surface area contributed by atoms with Crippen molar-refractivity contribution in [3.63, 3.8) is 0 Å². The number of rotatable bonds is 7. The van der Waals surface area contributed by atoms with Gasteiger partial charge in [0, 0.05) is 51.5 Å². The van der Waals surface area contributed by atoms with Gasteiger partial charge in [0.25, 0.3) is 5.91 Å². The van der Waals surface area contributed by atoms with Gasteiger partial charge in [-0.05, 0) is 48.0 Å². The van der Waals surface area contributed by atoms with E-state index in [2.05, 4.69) is 0 Å². The number of carbonyl (C=O) groups excluding carboxylic acids is 2. The van der Waals surface area contributed by atoms with E-state index in [1.165, 1.54) is 0 Å². The van der Waals surface area contributed by atoms with Crippen molar-refractivity contribution in [2.24, 2.45) is 0 Å². The molecule has 0 atom stereocenters. The van der Waals surface area contributed by atoms with Crippen molar-refractivity contribution in [2.45, 2.75) is 6.54 Å². The number of carbonyl (C=O) groups is 2. The average Bonchev–Trinajstić information content (AvgIpc) is 3.27. The van der Waals surface area contributed by atoms with E-state index >= 15 is 0 Å². The minimum atomic E-state index is -0.518. The van der Waals surface area contributed by atoms with Gasteiger partial charge in [0.05, 0.1) is 5.56 Å². The molecule has 0 aliphatic rings. The van der Waals surface area contributed by atoms with Gasteiger partial charge in [-0.1, -0.05) is 18.2 Å². The fourth-order valence-electron chi connectivity index (χ4n) is 2.88. The zero-order valence-electron chi connectivity index (χ0n) is 16.9. The zero-order chi connectivity index (χ0) is 20.8. The Morgan fingerprint density at radius 3 is 2.28 bits per heavy atom. The summed E-state index contributed by atoms with van der Waals surface area (Å²) in [6.45, 7) is 0.159. The Kier molecular flexibility index (Phi) is 6.34. The minimum Gasteiger partial charge on any atom is -0.452 e. The molecule has 0 fully saturated rings. The van der Waals surface area contributed by atoms with Crippen LogP contribution < -0.4 is 4.90 Å². The number of nitrogens with zero attached hydrogens (tertiary/aromatic N) is 3. The molecule has 0 bridgehead atoms. The fraction of sp³-hybridized carbons (Fsp3) is 0.217. The number of amides is 1. The molecule has 0 aliphatic heterocycles. The third-order valence-electron chi connectivity index (χ3n) is 4.61. The molecule has 3 aromatic rings. The molecule has 6 nitrogen and oxygen atoms in total. The van der Waals surface area contributed by atoms with Crippen LogP contribution in [0.1, 0.15) is 15.9 Å². The van der Waals surface area contributed by atoms with Gasteiger partial charge in [-0.25, -0.2) is 4.79 Å². The van der Waals surface area contributed by atoms with Gasteiger partial charge < -0.3 is 19.1 Å². The van der Waals surface area contributed by atoms with Gasteiger partial charge in [0.1, 0.15) is 0 Å². The van der Waals surface area contributed by atoms with Gasteiger partial charge in [-0.2, -0.15) is 0 Å². The Morgan fingerprint density at radius 2 is 1.62 bits per heavy atom. The highest BCUT2D eigenvalue weighted by Gasteiger charge is 2.14. The van der Waals surface area contributed by atoms with Crippen LogP contribution in [0, 0.1) is 0 Å². The molecule has 0 saturated carbocycles. The number of aromatic nitrogens is 1. The summed E-state index contributed by atoms with van der Waals surface area (Å²) in [6, 6.07) is 18.9. The number of anilines is 1.